The van der Waals surface area contributed by atoms with Gasteiger partial charge in [0.1, 0.15) is 18.0 Å². The fourth-order valence-electron chi connectivity index (χ4n) is 2.94. The standard InChI is InChI=1S/C19H25N7O/c1-13(2)26-18(21-12-22-26)16-7-5-8-17(11-16)19(27)20-9-6-10-25-15(4)23-14(3)24-25/h5,7-8,11-13H,6,9-10H2,1-4H3,(H,20,27). The van der Waals surface area contributed by atoms with Crippen LogP contribution in [0.1, 0.15) is 48.3 Å². The van der Waals surface area contributed by atoms with Gasteiger partial charge in [-0.3, -0.25) is 9.48 Å². The summed E-state index contributed by atoms with van der Waals surface area (Å²) in [6.45, 7) is 9.20. The van der Waals surface area contributed by atoms with Gasteiger partial charge in [0.15, 0.2) is 5.82 Å². The van der Waals surface area contributed by atoms with E-state index < -0.39 is 0 Å². The van der Waals surface area contributed by atoms with E-state index >= 15 is 0 Å². The summed E-state index contributed by atoms with van der Waals surface area (Å²) >= 11 is 0. The molecule has 1 amide bonds. The van der Waals surface area contributed by atoms with Crippen molar-refractivity contribution in [3.05, 3.63) is 47.8 Å². The number of amides is 1. The van der Waals surface area contributed by atoms with Gasteiger partial charge in [-0.1, -0.05) is 12.1 Å². The van der Waals surface area contributed by atoms with Crippen molar-refractivity contribution in [2.24, 2.45) is 0 Å². The lowest BCUT2D eigenvalue weighted by Gasteiger charge is -2.10. The van der Waals surface area contributed by atoms with Gasteiger partial charge >= 0.3 is 0 Å². The minimum absolute atomic E-state index is 0.0982. The Morgan fingerprint density at radius 3 is 2.78 bits per heavy atom. The van der Waals surface area contributed by atoms with Crippen LogP contribution < -0.4 is 5.32 Å². The average molecular weight is 367 g/mol. The van der Waals surface area contributed by atoms with Gasteiger partial charge in [-0.05, 0) is 46.2 Å². The first-order valence-corrected chi connectivity index (χ1v) is 9.12. The van der Waals surface area contributed by atoms with Crippen LogP contribution >= 0.6 is 0 Å². The molecule has 0 aliphatic heterocycles. The van der Waals surface area contributed by atoms with Crippen LogP contribution in [-0.4, -0.2) is 42.0 Å². The quantitative estimate of drug-likeness (QED) is 0.648. The van der Waals surface area contributed by atoms with Crippen LogP contribution in [-0.2, 0) is 6.54 Å². The molecule has 0 saturated carbocycles. The molecule has 0 atom stereocenters. The fraction of sp³-hybridized carbons (Fsp3) is 0.421. The Morgan fingerprint density at radius 1 is 1.26 bits per heavy atom. The van der Waals surface area contributed by atoms with E-state index in [1.807, 2.05) is 55.3 Å². The molecular formula is C19H25N7O. The van der Waals surface area contributed by atoms with Gasteiger partial charge in [-0.15, -0.1) is 0 Å². The number of hydrogen-bond donors (Lipinski definition) is 1. The second-order valence-electron chi connectivity index (χ2n) is 6.74. The molecule has 142 valence electrons. The second-order valence-corrected chi connectivity index (χ2v) is 6.74. The lowest BCUT2D eigenvalue weighted by molar-refractivity contribution is 0.0952. The molecule has 0 radical (unpaired) electrons. The largest absolute Gasteiger partial charge is 0.352 e. The van der Waals surface area contributed by atoms with Crippen molar-refractivity contribution in [2.45, 2.75) is 46.7 Å². The van der Waals surface area contributed by atoms with Gasteiger partial charge in [0, 0.05) is 30.3 Å². The number of hydrogen-bond acceptors (Lipinski definition) is 5. The first-order valence-electron chi connectivity index (χ1n) is 9.12. The lowest BCUT2D eigenvalue weighted by Crippen LogP contribution is -2.25. The Labute approximate surface area is 158 Å². The molecular weight excluding hydrogens is 342 g/mol. The number of carbonyl (C=O) groups is 1. The molecule has 3 rings (SSSR count). The zero-order chi connectivity index (χ0) is 19.4. The summed E-state index contributed by atoms with van der Waals surface area (Å²) in [5, 5.41) is 11.5. The zero-order valence-electron chi connectivity index (χ0n) is 16.2. The minimum Gasteiger partial charge on any atom is -0.352 e. The maximum atomic E-state index is 12.5. The number of benzene rings is 1. The third-order valence-corrected chi connectivity index (χ3v) is 4.24. The van der Waals surface area contributed by atoms with E-state index in [1.54, 1.807) is 6.07 Å². The Morgan fingerprint density at radius 2 is 2.07 bits per heavy atom. The Bertz CT molecular complexity index is 926. The number of nitrogens with zero attached hydrogens (tertiary/aromatic N) is 6. The van der Waals surface area contributed by atoms with Crippen molar-refractivity contribution in [3.63, 3.8) is 0 Å². The van der Waals surface area contributed by atoms with Crippen LogP contribution in [0.4, 0.5) is 0 Å². The molecule has 3 aromatic rings. The van der Waals surface area contributed by atoms with Crippen molar-refractivity contribution < 1.29 is 4.79 Å². The molecule has 1 aromatic carbocycles. The van der Waals surface area contributed by atoms with Gasteiger partial charge < -0.3 is 5.32 Å². The van der Waals surface area contributed by atoms with Gasteiger partial charge in [0.25, 0.3) is 5.91 Å². The van der Waals surface area contributed by atoms with Crippen LogP contribution in [0, 0.1) is 13.8 Å². The van der Waals surface area contributed by atoms with Crippen LogP contribution in [0.2, 0.25) is 0 Å². The third-order valence-electron chi connectivity index (χ3n) is 4.24. The highest BCUT2D eigenvalue weighted by Crippen LogP contribution is 2.20. The van der Waals surface area contributed by atoms with Gasteiger partial charge in [-0.25, -0.2) is 14.6 Å². The van der Waals surface area contributed by atoms with Crippen LogP contribution in [0.5, 0.6) is 0 Å². The summed E-state index contributed by atoms with van der Waals surface area (Å²) in [4.78, 5) is 21.1. The van der Waals surface area contributed by atoms with Crippen LogP contribution in [0.3, 0.4) is 0 Å². The van der Waals surface area contributed by atoms with Crippen molar-refractivity contribution in [3.8, 4) is 11.4 Å². The first-order chi connectivity index (χ1) is 13.0. The van der Waals surface area contributed by atoms with E-state index in [0.29, 0.717) is 12.1 Å². The fourth-order valence-corrected chi connectivity index (χ4v) is 2.94. The average Bonchev–Trinajstić information content (AvgIpc) is 3.25. The summed E-state index contributed by atoms with van der Waals surface area (Å²) < 4.78 is 3.71. The lowest BCUT2D eigenvalue weighted by atomic mass is 10.1. The van der Waals surface area contributed by atoms with Crippen molar-refractivity contribution in [1.82, 2.24) is 34.8 Å². The Kier molecular flexibility index (Phi) is 5.63. The normalized spacial score (nSPS) is 11.1. The SMILES string of the molecule is Cc1nc(C)n(CCCNC(=O)c2cccc(-c3ncnn3C(C)C)c2)n1. The highest BCUT2D eigenvalue weighted by atomic mass is 16.1. The predicted octanol–water partition coefficient (Wildman–Crippen LogP) is 2.55. The number of aromatic nitrogens is 6. The molecule has 8 heteroatoms. The van der Waals surface area contributed by atoms with Crippen LogP contribution in [0.25, 0.3) is 11.4 Å². The summed E-state index contributed by atoms with van der Waals surface area (Å²) in [5.74, 6) is 2.32. The molecule has 27 heavy (non-hydrogen) atoms. The number of carbonyl (C=O) groups excluding carboxylic acids is 1. The highest BCUT2D eigenvalue weighted by Gasteiger charge is 2.12. The molecule has 0 spiro atoms. The minimum atomic E-state index is -0.0982. The van der Waals surface area contributed by atoms with E-state index in [1.165, 1.54) is 6.33 Å². The third kappa shape index (κ3) is 4.39. The molecule has 0 aliphatic carbocycles. The summed E-state index contributed by atoms with van der Waals surface area (Å²) in [6.07, 6.45) is 2.33. The molecule has 0 unspecified atom stereocenters. The van der Waals surface area contributed by atoms with E-state index in [4.69, 9.17) is 0 Å². The molecule has 0 fully saturated rings. The molecule has 0 bridgehead atoms. The zero-order valence-corrected chi connectivity index (χ0v) is 16.2. The highest BCUT2D eigenvalue weighted by molar-refractivity contribution is 5.95. The predicted molar refractivity (Wildman–Crippen MR) is 102 cm³/mol. The Hall–Kier alpha value is -3.03. The molecule has 0 saturated heterocycles. The van der Waals surface area contributed by atoms with Crippen molar-refractivity contribution >= 4 is 5.91 Å². The van der Waals surface area contributed by atoms with E-state index in [0.717, 1.165) is 36.0 Å². The molecule has 0 aliphatic rings. The molecule has 8 nitrogen and oxygen atoms in total. The van der Waals surface area contributed by atoms with E-state index in [9.17, 15) is 4.79 Å². The summed E-state index contributed by atoms with van der Waals surface area (Å²) in [6, 6.07) is 7.66. The Balaban J connectivity index is 1.60. The number of nitrogens with one attached hydrogen (secondary N) is 1. The summed E-state index contributed by atoms with van der Waals surface area (Å²) in [5.41, 5.74) is 1.49. The second kappa shape index (κ2) is 8.11. The maximum Gasteiger partial charge on any atom is 0.251 e. The monoisotopic (exact) mass is 367 g/mol. The van der Waals surface area contributed by atoms with E-state index in [-0.39, 0.29) is 11.9 Å². The van der Waals surface area contributed by atoms with Crippen molar-refractivity contribution in [1.29, 1.82) is 0 Å². The summed E-state index contributed by atoms with van der Waals surface area (Å²) in [7, 11) is 0. The van der Waals surface area contributed by atoms with Crippen LogP contribution in [0.15, 0.2) is 30.6 Å². The number of rotatable bonds is 7. The van der Waals surface area contributed by atoms with Gasteiger partial charge in [-0.2, -0.15) is 10.2 Å². The smallest absolute Gasteiger partial charge is 0.251 e. The molecule has 2 aromatic heterocycles. The molecule has 2 heterocycles. The first kappa shape index (κ1) is 18.8. The van der Waals surface area contributed by atoms with Crippen molar-refractivity contribution in [2.75, 3.05) is 6.54 Å². The van der Waals surface area contributed by atoms with Gasteiger partial charge in [0.2, 0.25) is 0 Å². The number of aryl methyl sites for hydroxylation is 3. The van der Waals surface area contributed by atoms with Gasteiger partial charge in [0.05, 0.1) is 0 Å². The maximum absolute atomic E-state index is 12.5. The topological polar surface area (TPSA) is 90.5 Å². The molecule has 1 N–H and O–H groups in total. The van der Waals surface area contributed by atoms with E-state index in [2.05, 4.69) is 25.5 Å².